The zero-order valence-corrected chi connectivity index (χ0v) is 9.21. The molecule has 0 radical (unpaired) electrons. The number of rotatable bonds is 2. The van der Waals surface area contributed by atoms with Gasteiger partial charge in [-0.3, -0.25) is 9.78 Å². The Morgan fingerprint density at radius 2 is 1.94 bits per heavy atom. The standard InChI is InChI=1S/C12H6ClF2NO/c13-8-2-1-3-9(14)11(8)12(17)7-4-5-16-6-10(7)15/h1-6H. The van der Waals surface area contributed by atoms with E-state index in [2.05, 4.69) is 4.98 Å². The molecule has 2 aromatic rings. The summed E-state index contributed by atoms with van der Waals surface area (Å²) >= 11 is 5.73. The van der Waals surface area contributed by atoms with Crippen LogP contribution < -0.4 is 0 Å². The van der Waals surface area contributed by atoms with E-state index in [1.54, 1.807) is 0 Å². The van der Waals surface area contributed by atoms with Gasteiger partial charge in [-0.2, -0.15) is 0 Å². The predicted octanol–water partition coefficient (Wildman–Crippen LogP) is 3.24. The second-order valence-electron chi connectivity index (χ2n) is 3.28. The number of carbonyl (C=O) groups is 1. The van der Waals surface area contributed by atoms with Crippen LogP contribution in [0.15, 0.2) is 36.7 Å². The number of pyridine rings is 1. The molecule has 0 spiro atoms. The first kappa shape index (κ1) is 11.7. The van der Waals surface area contributed by atoms with Crippen LogP contribution in [0.1, 0.15) is 15.9 Å². The lowest BCUT2D eigenvalue weighted by atomic mass is 10.0. The maximum absolute atomic E-state index is 13.5. The molecule has 1 heterocycles. The van der Waals surface area contributed by atoms with E-state index < -0.39 is 17.4 Å². The fourth-order valence-corrected chi connectivity index (χ4v) is 1.66. The fraction of sp³-hybridized carbons (Fsp3) is 0. The number of aromatic nitrogens is 1. The van der Waals surface area contributed by atoms with Crippen molar-refractivity contribution in [3.8, 4) is 0 Å². The molecule has 0 unspecified atom stereocenters. The van der Waals surface area contributed by atoms with Gasteiger partial charge >= 0.3 is 0 Å². The van der Waals surface area contributed by atoms with E-state index in [0.717, 1.165) is 12.3 Å². The van der Waals surface area contributed by atoms with Gasteiger partial charge in [-0.1, -0.05) is 17.7 Å². The van der Waals surface area contributed by atoms with Crippen molar-refractivity contribution in [2.45, 2.75) is 0 Å². The molecule has 0 aliphatic carbocycles. The Balaban J connectivity index is 2.56. The molecule has 2 rings (SSSR count). The van der Waals surface area contributed by atoms with Crippen LogP contribution in [0.3, 0.4) is 0 Å². The molecule has 0 bridgehead atoms. The van der Waals surface area contributed by atoms with E-state index in [0.29, 0.717) is 0 Å². The third-order valence-electron chi connectivity index (χ3n) is 2.21. The molecular formula is C12H6ClF2NO. The SMILES string of the molecule is O=C(c1ccncc1F)c1c(F)cccc1Cl. The van der Waals surface area contributed by atoms with Gasteiger partial charge in [0.05, 0.1) is 22.3 Å². The van der Waals surface area contributed by atoms with Gasteiger partial charge in [0.25, 0.3) is 0 Å². The van der Waals surface area contributed by atoms with E-state index in [1.165, 1.54) is 24.4 Å². The molecule has 0 N–H and O–H groups in total. The lowest BCUT2D eigenvalue weighted by Gasteiger charge is -2.05. The second kappa shape index (κ2) is 4.59. The van der Waals surface area contributed by atoms with Gasteiger partial charge in [-0.15, -0.1) is 0 Å². The first-order valence-corrected chi connectivity index (χ1v) is 5.07. The van der Waals surface area contributed by atoms with Gasteiger partial charge in [0.1, 0.15) is 5.82 Å². The minimum absolute atomic E-state index is 0.0498. The van der Waals surface area contributed by atoms with Crippen LogP contribution >= 0.6 is 11.6 Å². The highest BCUT2D eigenvalue weighted by Crippen LogP contribution is 2.23. The average molecular weight is 254 g/mol. The van der Waals surface area contributed by atoms with Crippen molar-refractivity contribution in [1.82, 2.24) is 4.98 Å². The maximum atomic E-state index is 13.5. The van der Waals surface area contributed by atoms with Crippen molar-refractivity contribution in [2.24, 2.45) is 0 Å². The fourth-order valence-electron chi connectivity index (χ4n) is 1.41. The van der Waals surface area contributed by atoms with Gasteiger partial charge in [0.2, 0.25) is 5.78 Å². The Hall–Kier alpha value is -1.81. The van der Waals surface area contributed by atoms with Crippen molar-refractivity contribution < 1.29 is 13.6 Å². The second-order valence-corrected chi connectivity index (χ2v) is 3.69. The minimum atomic E-state index is -0.809. The van der Waals surface area contributed by atoms with Crippen LogP contribution in [0.2, 0.25) is 5.02 Å². The van der Waals surface area contributed by atoms with E-state index in [4.69, 9.17) is 11.6 Å². The number of carbonyl (C=O) groups excluding carboxylic acids is 1. The number of nitrogens with zero attached hydrogens (tertiary/aromatic N) is 1. The van der Waals surface area contributed by atoms with Gasteiger partial charge in [0, 0.05) is 6.20 Å². The molecule has 0 saturated carbocycles. The Kier molecular flexibility index (Phi) is 3.15. The third kappa shape index (κ3) is 2.17. The molecule has 0 atom stereocenters. The van der Waals surface area contributed by atoms with Crippen molar-refractivity contribution >= 4 is 17.4 Å². The largest absolute Gasteiger partial charge is 0.288 e. The topological polar surface area (TPSA) is 30.0 Å². The summed E-state index contributed by atoms with van der Waals surface area (Å²) in [6.45, 7) is 0. The molecule has 5 heteroatoms. The van der Waals surface area contributed by atoms with Gasteiger partial charge in [-0.25, -0.2) is 8.78 Å². The molecule has 0 aliphatic heterocycles. The summed E-state index contributed by atoms with van der Waals surface area (Å²) in [6.07, 6.45) is 2.15. The summed E-state index contributed by atoms with van der Waals surface area (Å²) < 4.78 is 26.8. The lowest BCUT2D eigenvalue weighted by Crippen LogP contribution is -2.07. The maximum Gasteiger partial charge on any atom is 0.200 e. The van der Waals surface area contributed by atoms with Crippen molar-refractivity contribution in [3.05, 3.63) is 64.4 Å². The van der Waals surface area contributed by atoms with Crippen LogP contribution in [0, 0.1) is 11.6 Å². The van der Waals surface area contributed by atoms with Crippen LogP contribution in [0.4, 0.5) is 8.78 Å². The molecule has 86 valence electrons. The van der Waals surface area contributed by atoms with Crippen LogP contribution in [-0.4, -0.2) is 10.8 Å². The molecule has 0 fully saturated rings. The van der Waals surface area contributed by atoms with Crippen molar-refractivity contribution in [1.29, 1.82) is 0 Å². The smallest absolute Gasteiger partial charge is 0.200 e. The van der Waals surface area contributed by atoms with Gasteiger partial charge in [0.15, 0.2) is 5.82 Å². The zero-order chi connectivity index (χ0) is 12.4. The third-order valence-corrected chi connectivity index (χ3v) is 2.52. The number of ketones is 1. The lowest BCUT2D eigenvalue weighted by molar-refractivity contribution is 0.103. The quantitative estimate of drug-likeness (QED) is 0.769. The molecule has 0 amide bonds. The first-order valence-electron chi connectivity index (χ1n) is 4.69. The van der Waals surface area contributed by atoms with E-state index in [1.807, 2.05) is 0 Å². The first-order chi connectivity index (χ1) is 8.11. The highest BCUT2D eigenvalue weighted by Gasteiger charge is 2.20. The highest BCUT2D eigenvalue weighted by atomic mass is 35.5. The Morgan fingerprint density at radius 3 is 2.59 bits per heavy atom. The van der Waals surface area contributed by atoms with Crippen LogP contribution in [0.5, 0.6) is 0 Å². The van der Waals surface area contributed by atoms with Gasteiger partial charge in [-0.05, 0) is 18.2 Å². The number of hydrogen-bond acceptors (Lipinski definition) is 2. The summed E-state index contributed by atoms with van der Waals surface area (Å²) in [5, 5.41) is -0.0498. The zero-order valence-electron chi connectivity index (χ0n) is 8.45. The summed E-state index contributed by atoms with van der Waals surface area (Å²) in [5.41, 5.74) is -0.591. The number of hydrogen-bond donors (Lipinski definition) is 0. The number of halogens is 3. The molecule has 0 aliphatic rings. The summed E-state index contributed by atoms with van der Waals surface area (Å²) in [6, 6.07) is 5.02. The average Bonchev–Trinajstić information content (AvgIpc) is 2.29. The predicted molar refractivity (Wildman–Crippen MR) is 59.0 cm³/mol. The monoisotopic (exact) mass is 253 g/mol. The van der Waals surface area contributed by atoms with E-state index in [9.17, 15) is 13.6 Å². The Bertz CT molecular complexity index is 566. The van der Waals surface area contributed by atoms with Crippen LogP contribution in [0.25, 0.3) is 0 Å². The Labute approximate surface area is 101 Å². The Morgan fingerprint density at radius 1 is 1.18 bits per heavy atom. The number of benzene rings is 1. The van der Waals surface area contributed by atoms with Gasteiger partial charge < -0.3 is 0 Å². The van der Waals surface area contributed by atoms with Crippen molar-refractivity contribution in [2.75, 3.05) is 0 Å². The normalized spacial score (nSPS) is 10.3. The molecule has 2 nitrogen and oxygen atoms in total. The molecule has 0 saturated heterocycles. The van der Waals surface area contributed by atoms with Crippen molar-refractivity contribution in [3.63, 3.8) is 0 Å². The minimum Gasteiger partial charge on any atom is -0.288 e. The molecule has 1 aromatic heterocycles. The molecular weight excluding hydrogens is 248 g/mol. The summed E-state index contributed by atoms with van der Waals surface area (Å²) in [7, 11) is 0. The van der Waals surface area contributed by atoms with E-state index >= 15 is 0 Å². The molecule has 17 heavy (non-hydrogen) atoms. The highest BCUT2D eigenvalue weighted by molar-refractivity contribution is 6.35. The van der Waals surface area contributed by atoms with E-state index in [-0.39, 0.29) is 16.1 Å². The summed E-state index contributed by atoms with van der Waals surface area (Å²) in [5.74, 6) is -2.39. The molecule has 1 aromatic carbocycles. The summed E-state index contributed by atoms with van der Waals surface area (Å²) in [4.78, 5) is 15.4. The van der Waals surface area contributed by atoms with Crippen LogP contribution in [-0.2, 0) is 0 Å².